The fourth-order valence-electron chi connectivity index (χ4n) is 2.40. The quantitative estimate of drug-likeness (QED) is 0.857. The van der Waals surface area contributed by atoms with Gasteiger partial charge in [-0.05, 0) is 19.1 Å². The molecule has 1 N–H and O–H groups in total. The van der Waals surface area contributed by atoms with Crippen LogP contribution in [0.1, 0.15) is 18.5 Å². The lowest BCUT2D eigenvalue weighted by molar-refractivity contribution is -0.140. The highest BCUT2D eigenvalue weighted by Crippen LogP contribution is 2.29. The second kappa shape index (κ2) is 5.83. The third-order valence-corrected chi connectivity index (χ3v) is 3.33. The van der Waals surface area contributed by atoms with Gasteiger partial charge in [-0.15, -0.1) is 0 Å². The molecule has 21 heavy (non-hydrogen) atoms. The zero-order valence-electron chi connectivity index (χ0n) is 11.8. The number of hydrogen-bond donors (Lipinski definition) is 1. The van der Waals surface area contributed by atoms with Crippen LogP contribution in [-0.2, 0) is 9.53 Å². The molecular weight excluding hydrogens is 266 g/mol. The highest BCUT2D eigenvalue weighted by Gasteiger charge is 2.19. The summed E-state index contributed by atoms with van der Waals surface area (Å²) in [6.07, 6.45) is 10.1. The van der Waals surface area contributed by atoms with Gasteiger partial charge in [0.1, 0.15) is 18.0 Å². The number of imidazole rings is 1. The van der Waals surface area contributed by atoms with Gasteiger partial charge in [-0.25, -0.2) is 4.98 Å². The van der Waals surface area contributed by atoms with E-state index in [0.717, 1.165) is 17.2 Å². The Labute approximate surface area is 122 Å². The molecule has 1 aliphatic rings. The van der Waals surface area contributed by atoms with E-state index in [1.165, 1.54) is 0 Å². The van der Waals surface area contributed by atoms with E-state index in [2.05, 4.69) is 22.5 Å². The first-order valence-corrected chi connectivity index (χ1v) is 7.01. The molecule has 0 fully saturated rings. The average Bonchev–Trinajstić information content (AvgIpc) is 3.13. The van der Waals surface area contributed by atoms with Gasteiger partial charge >= 0.3 is 5.97 Å². The van der Waals surface area contributed by atoms with Crippen molar-refractivity contribution < 1.29 is 9.53 Å². The highest BCUT2D eigenvalue weighted by molar-refractivity contribution is 5.75. The van der Waals surface area contributed by atoms with Gasteiger partial charge in [-0.1, -0.05) is 30.4 Å². The Morgan fingerprint density at radius 2 is 2.19 bits per heavy atom. The second-order valence-electron chi connectivity index (χ2n) is 4.73. The molecule has 5 heteroatoms. The van der Waals surface area contributed by atoms with E-state index < -0.39 is 0 Å². The van der Waals surface area contributed by atoms with E-state index in [-0.39, 0.29) is 18.4 Å². The minimum atomic E-state index is -0.271. The molecule has 2 aromatic rings. The number of nitrogens with zero attached hydrogens (tertiary/aromatic N) is 2. The van der Waals surface area contributed by atoms with E-state index in [1.807, 2.05) is 40.9 Å². The SMILES string of the molecule is CCOC(=O)CNc1c(C2C=CC=C2)nc2ccccn12. The van der Waals surface area contributed by atoms with Crippen LogP contribution in [0.25, 0.3) is 5.65 Å². The number of carbonyl (C=O) groups excluding carboxylic acids is 1. The summed E-state index contributed by atoms with van der Waals surface area (Å²) < 4.78 is 6.91. The maximum atomic E-state index is 11.6. The third-order valence-electron chi connectivity index (χ3n) is 3.33. The number of hydrogen-bond acceptors (Lipinski definition) is 4. The molecule has 0 saturated carbocycles. The summed E-state index contributed by atoms with van der Waals surface area (Å²) in [6.45, 7) is 2.31. The van der Waals surface area contributed by atoms with Gasteiger partial charge in [-0.3, -0.25) is 9.20 Å². The van der Waals surface area contributed by atoms with Crippen molar-refractivity contribution in [3.63, 3.8) is 0 Å². The molecular formula is C16H17N3O2. The van der Waals surface area contributed by atoms with Crippen molar-refractivity contribution >= 4 is 17.4 Å². The lowest BCUT2D eigenvalue weighted by Crippen LogP contribution is -2.18. The lowest BCUT2D eigenvalue weighted by atomic mass is 10.1. The number of esters is 1. The van der Waals surface area contributed by atoms with E-state index in [0.29, 0.717) is 6.61 Å². The average molecular weight is 283 g/mol. The molecule has 0 bridgehead atoms. The highest BCUT2D eigenvalue weighted by atomic mass is 16.5. The Hall–Kier alpha value is -2.56. The van der Waals surface area contributed by atoms with Crippen molar-refractivity contribution in [3.05, 3.63) is 54.4 Å². The predicted octanol–water partition coefficient (Wildman–Crippen LogP) is 2.52. The predicted molar refractivity (Wildman–Crippen MR) is 81.3 cm³/mol. The van der Waals surface area contributed by atoms with Crippen LogP contribution in [0.2, 0.25) is 0 Å². The molecule has 5 nitrogen and oxygen atoms in total. The van der Waals surface area contributed by atoms with Crippen molar-refractivity contribution in [2.75, 3.05) is 18.5 Å². The largest absolute Gasteiger partial charge is 0.465 e. The zero-order valence-corrected chi connectivity index (χ0v) is 11.8. The van der Waals surface area contributed by atoms with Gasteiger partial charge in [-0.2, -0.15) is 0 Å². The van der Waals surface area contributed by atoms with Crippen LogP contribution in [0.3, 0.4) is 0 Å². The van der Waals surface area contributed by atoms with Crippen LogP contribution in [0.5, 0.6) is 0 Å². The van der Waals surface area contributed by atoms with E-state index in [4.69, 9.17) is 4.74 Å². The fourth-order valence-corrected chi connectivity index (χ4v) is 2.40. The fraction of sp³-hybridized carbons (Fsp3) is 0.250. The Morgan fingerprint density at radius 1 is 1.38 bits per heavy atom. The van der Waals surface area contributed by atoms with Crippen molar-refractivity contribution in [2.24, 2.45) is 0 Å². The summed E-state index contributed by atoms with van der Waals surface area (Å²) >= 11 is 0. The minimum absolute atomic E-state index is 0.129. The Bertz CT molecular complexity index is 703. The second-order valence-corrected chi connectivity index (χ2v) is 4.73. The van der Waals surface area contributed by atoms with Crippen LogP contribution < -0.4 is 5.32 Å². The van der Waals surface area contributed by atoms with Crippen LogP contribution in [0.15, 0.2) is 48.7 Å². The normalized spacial score (nSPS) is 14.0. The number of pyridine rings is 1. The van der Waals surface area contributed by atoms with Gasteiger partial charge in [0.15, 0.2) is 0 Å². The molecule has 0 amide bonds. The van der Waals surface area contributed by atoms with Gasteiger partial charge in [0.25, 0.3) is 0 Å². The standard InChI is InChI=1S/C16H17N3O2/c1-2-21-14(20)11-17-16-15(12-7-3-4-8-12)18-13-9-5-6-10-19(13)16/h3-10,12,17H,2,11H2,1H3. The Morgan fingerprint density at radius 3 is 2.95 bits per heavy atom. The molecule has 0 radical (unpaired) electrons. The maximum absolute atomic E-state index is 11.6. The number of anilines is 1. The summed E-state index contributed by atoms with van der Waals surface area (Å²) in [4.78, 5) is 16.2. The van der Waals surface area contributed by atoms with Crippen LogP contribution >= 0.6 is 0 Å². The summed E-state index contributed by atoms with van der Waals surface area (Å²) in [6, 6.07) is 5.83. The molecule has 0 aromatic carbocycles. The Balaban J connectivity index is 1.93. The first-order chi connectivity index (χ1) is 10.3. The molecule has 2 aromatic heterocycles. The molecule has 0 saturated heterocycles. The molecule has 3 rings (SSSR count). The van der Waals surface area contributed by atoms with Gasteiger partial charge in [0.05, 0.1) is 12.3 Å². The van der Waals surface area contributed by atoms with Gasteiger partial charge in [0.2, 0.25) is 0 Å². The Kier molecular flexibility index (Phi) is 3.73. The number of aromatic nitrogens is 2. The number of ether oxygens (including phenoxy) is 1. The van der Waals surface area contributed by atoms with Crippen LogP contribution in [-0.4, -0.2) is 28.5 Å². The van der Waals surface area contributed by atoms with Crippen LogP contribution in [0.4, 0.5) is 5.82 Å². The summed E-state index contributed by atoms with van der Waals surface area (Å²) in [7, 11) is 0. The van der Waals surface area contributed by atoms with Gasteiger partial charge in [0, 0.05) is 12.1 Å². The molecule has 0 spiro atoms. The molecule has 2 heterocycles. The van der Waals surface area contributed by atoms with Crippen molar-refractivity contribution in [3.8, 4) is 0 Å². The number of nitrogens with one attached hydrogen (secondary N) is 1. The van der Waals surface area contributed by atoms with Crippen LogP contribution in [0, 0.1) is 0 Å². The van der Waals surface area contributed by atoms with Crippen molar-refractivity contribution in [1.29, 1.82) is 0 Å². The zero-order chi connectivity index (χ0) is 14.7. The maximum Gasteiger partial charge on any atom is 0.325 e. The van der Waals surface area contributed by atoms with Gasteiger partial charge < -0.3 is 10.1 Å². The number of fused-ring (bicyclic) bond motifs is 1. The third kappa shape index (κ3) is 2.67. The summed E-state index contributed by atoms with van der Waals surface area (Å²) in [5, 5.41) is 3.16. The molecule has 0 atom stereocenters. The molecule has 1 aliphatic carbocycles. The van der Waals surface area contributed by atoms with E-state index in [1.54, 1.807) is 6.92 Å². The first kappa shape index (κ1) is 13.4. The first-order valence-electron chi connectivity index (χ1n) is 7.01. The topological polar surface area (TPSA) is 55.6 Å². The number of rotatable bonds is 5. The van der Waals surface area contributed by atoms with E-state index >= 15 is 0 Å². The number of carbonyl (C=O) groups is 1. The summed E-state index contributed by atoms with van der Waals surface area (Å²) in [5.41, 5.74) is 1.77. The molecule has 0 unspecified atom stereocenters. The molecule has 0 aliphatic heterocycles. The van der Waals surface area contributed by atoms with Crippen molar-refractivity contribution in [2.45, 2.75) is 12.8 Å². The molecule has 108 valence electrons. The smallest absolute Gasteiger partial charge is 0.325 e. The minimum Gasteiger partial charge on any atom is -0.465 e. The monoisotopic (exact) mass is 283 g/mol. The summed E-state index contributed by atoms with van der Waals surface area (Å²) in [5.74, 6) is 0.696. The van der Waals surface area contributed by atoms with Crippen molar-refractivity contribution in [1.82, 2.24) is 9.38 Å². The number of allylic oxidation sites excluding steroid dienone is 4. The van der Waals surface area contributed by atoms with E-state index in [9.17, 15) is 4.79 Å². The lowest BCUT2D eigenvalue weighted by Gasteiger charge is -2.10.